The maximum atomic E-state index is 9.93. The van der Waals surface area contributed by atoms with Crippen LogP contribution < -0.4 is 4.90 Å². The predicted molar refractivity (Wildman–Crippen MR) is 63.6 cm³/mol. The van der Waals surface area contributed by atoms with Gasteiger partial charge >= 0.3 is 0 Å². The van der Waals surface area contributed by atoms with E-state index in [1.165, 1.54) is 0 Å². The molecule has 0 amide bonds. The number of hydrogen-bond donors (Lipinski definition) is 1. The molecule has 0 aliphatic carbocycles. The van der Waals surface area contributed by atoms with Crippen molar-refractivity contribution in [3.8, 4) is 6.07 Å². The maximum Gasteiger partial charge on any atom is 0.101 e. The Bertz CT molecular complexity index is 447. The molecule has 3 nitrogen and oxygen atoms in total. The van der Waals surface area contributed by atoms with E-state index >= 15 is 0 Å². The molecule has 1 N–H and O–H groups in total. The van der Waals surface area contributed by atoms with E-state index in [0.717, 1.165) is 12.1 Å². The highest BCUT2D eigenvalue weighted by Crippen LogP contribution is 2.33. The second kappa shape index (κ2) is 3.97. The molecule has 84 valence electrons. The van der Waals surface area contributed by atoms with Crippen LogP contribution in [0, 0.1) is 11.3 Å². The number of anilines is 1. The topological polar surface area (TPSA) is 47.3 Å². The first-order valence-corrected chi connectivity index (χ1v) is 5.63. The molecular formula is C12H13ClN2O. The molecule has 1 saturated heterocycles. The van der Waals surface area contributed by atoms with Crippen molar-refractivity contribution in [1.82, 2.24) is 0 Å². The molecule has 0 atom stereocenters. The van der Waals surface area contributed by atoms with Gasteiger partial charge < -0.3 is 10.0 Å². The highest BCUT2D eigenvalue weighted by Gasteiger charge is 2.40. The van der Waals surface area contributed by atoms with Crippen molar-refractivity contribution in [2.24, 2.45) is 0 Å². The molecule has 0 unspecified atom stereocenters. The van der Waals surface area contributed by atoms with Gasteiger partial charge in [0.2, 0.25) is 0 Å². The summed E-state index contributed by atoms with van der Waals surface area (Å²) in [4.78, 5) is 1.98. The van der Waals surface area contributed by atoms with E-state index in [9.17, 15) is 5.11 Å². The van der Waals surface area contributed by atoms with E-state index in [4.69, 9.17) is 16.9 Å². The molecule has 1 fully saturated rings. The summed E-state index contributed by atoms with van der Waals surface area (Å²) in [6.45, 7) is 3.09. The molecule has 2 rings (SSSR count). The van der Waals surface area contributed by atoms with Crippen LogP contribution in [0.4, 0.5) is 5.69 Å². The third-order valence-electron chi connectivity index (χ3n) is 3.05. The summed E-state index contributed by atoms with van der Waals surface area (Å²) in [6, 6.07) is 7.32. The summed E-state index contributed by atoms with van der Waals surface area (Å²) in [5.74, 6) is 0. The van der Waals surface area contributed by atoms with Crippen LogP contribution in [-0.4, -0.2) is 23.8 Å². The lowest BCUT2D eigenvalue weighted by molar-refractivity contribution is 0.00851. The van der Waals surface area contributed by atoms with Gasteiger partial charge in [-0.05, 0) is 24.6 Å². The van der Waals surface area contributed by atoms with Gasteiger partial charge in [-0.2, -0.15) is 5.26 Å². The number of nitriles is 1. The largest absolute Gasteiger partial charge is 0.386 e. The normalized spacial score (nSPS) is 17.8. The van der Waals surface area contributed by atoms with Crippen LogP contribution in [0.25, 0.3) is 0 Å². The van der Waals surface area contributed by atoms with Gasteiger partial charge in [0.25, 0.3) is 0 Å². The third-order valence-corrected chi connectivity index (χ3v) is 3.28. The average Bonchev–Trinajstić information content (AvgIpc) is 2.24. The minimum Gasteiger partial charge on any atom is -0.386 e. The lowest BCUT2D eigenvalue weighted by Gasteiger charge is -2.47. The first-order valence-electron chi connectivity index (χ1n) is 5.25. The Morgan fingerprint density at radius 2 is 2.25 bits per heavy atom. The maximum absolute atomic E-state index is 9.93. The summed E-state index contributed by atoms with van der Waals surface area (Å²) in [5.41, 5.74) is 0.811. The van der Waals surface area contributed by atoms with E-state index in [1.807, 2.05) is 11.8 Å². The van der Waals surface area contributed by atoms with Gasteiger partial charge in [0.15, 0.2) is 0 Å². The molecule has 4 heteroatoms. The highest BCUT2D eigenvalue weighted by molar-refractivity contribution is 6.30. The third kappa shape index (κ3) is 1.87. The molecule has 0 aromatic heterocycles. The highest BCUT2D eigenvalue weighted by atomic mass is 35.5. The van der Waals surface area contributed by atoms with E-state index in [-0.39, 0.29) is 0 Å². The first-order chi connectivity index (χ1) is 7.58. The fraction of sp³-hybridized carbons (Fsp3) is 0.417. The SMILES string of the molecule is CCC1(O)CN(c2cc(Cl)ccc2C#N)C1. The predicted octanol–water partition coefficient (Wildman–Crippen LogP) is 2.17. The van der Waals surface area contributed by atoms with Gasteiger partial charge in [-0.1, -0.05) is 18.5 Å². The molecule has 0 bridgehead atoms. The lowest BCUT2D eigenvalue weighted by Crippen LogP contribution is -2.61. The van der Waals surface area contributed by atoms with Crippen LogP contribution in [0.5, 0.6) is 0 Å². The van der Waals surface area contributed by atoms with Crippen molar-refractivity contribution in [3.05, 3.63) is 28.8 Å². The lowest BCUT2D eigenvalue weighted by atomic mass is 9.90. The Hall–Kier alpha value is -1.24. The minimum atomic E-state index is -0.602. The number of hydrogen-bond acceptors (Lipinski definition) is 3. The summed E-state index contributed by atoms with van der Waals surface area (Å²) in [6.07, 6.45) is 0.728. The molecule has 1 aromatic rings. The molecule has 1 aromatic carbocycles. The number of β-amino-alcohol motifs (C(OH)–C–C–N with tert-alkyl or cyclic N) is 1. The smallest absolute Gasteiger partial charge is 0.101 e. The molecule has 16 heavy (non-hydrogen) atoms. The van der Waals surface area contributed by atoms with E-state index in [2.05, 4.69) is 6.07 Å². The Kier molecular flexibility index (Phi) is 2.79. The Balaban J connectivity index is 2.23. The Morgan fingerprint density at radius 3 is 2.81 bits per heavy atom. The van der Waals surface area contributed by atoms with Crippen LogP contribution in [0.1, 0.15) is 18.9 Å². The molecule has 0 saturated carbocycles. The first kappa shape index (κ1) is 11.3. The molecular weight excluding hydrogens is 224 g/mol. The monoisotopic (exact) mass is 236 g/mol. The van der Waals surface area contributed by atoms with Crippen molar-refractivity contribution in [2.75, 3.05) is 18.0 Å². The van der Waals surface area contributed by atoms with Crippen LogP contribution >= 0.6 is 11.6 Å². The van der Waals surface area contributed by atoms with Crippen molar-refractivity contribution < 1.29 is 5.11 Å². The Morgan fingerprint density at radius 1 is 1.56 bits per heavy atom. The second-order valence-electron chi connectivity index (χ2n) is 4.21. The summed E-state index contributed by atoms with van der Waals surface area (Å²) >= 11 is 5.91. The van der Waals surface area contributed by atoms with Crippen LogP contribution in [0.2, 0.25) is 5.02 Å². The number of benzene rings is 1. The van der Waals surface area contributed by atoms with Crippen molar-refractivity contribution in [1.29, 1.82) is 5.26 Å². The van der Waals surface area contributed by atoms with Crippen LogP contribution in [-0.2, 0) is 0 Å². The molecule has 1 heterocycles. The van der Waals surface area contributed by atoms with Gasteiger partial charge in [-0.3, -0.25) is 0 Å². The fourth-order valence-corrected chi connectivity index (χ4v) is 2.09. The summed E-state index contributed by atoms with van der Waals surface area (Å²) in [5, 5.41) is 19.5. The Labute approximate surface area is 99.9 Å². The van der Waals surface area contributed by atoms with Crippen molar-refractivity contribution in [3.63, 3.8) is 0 Å². The zero-order valence-electron chi connectivity index (χ0n) is 9.07. The van der Waals surface area contributed by atoms with Gasteiger partial charge in [-0.25, -0.2) is 0 Å². The van der Waals surface area contributed by atoms with Crippen LogP contribution in [0.3, 0.4) is 0 Å². The average molecular weight is 237 g/mol. The second-order valence-corrected chi connectivity index (χ2v) is 4.64. The van der Waals surface area contributed by atoms with Gasteiger partial charge in [0.1, 0.15) is 6.07 Å². The quantitative estimate of drug-likeness (QED) is 0.856. The van der Waals surface area contributed by atoms with Gasteiger partial charge in [0.05, 0.1) is 16.9 Å². The summed E-state index contributed by atoms with van der Waals surface area (Å²) < 4.78 is 0. The number of halogens is 1. The summed E-state index contributed by atoms with van der Waals surface area (Å²) in [7, 11) is 0. The molecule has 0 spiro atoms. The van der Waals surface area contributed by atoms with E-state index in [1.54, 1.807) is 18.2 Å². The minimum absolute atomic E-state index is 0.568. The molecule has 1 aliphatic heterocycles. The molecule has 0 radical (unpaired) electrons. The van der Waals surface area contributed by atoms with E-state index < -0.39 is 5.60 Å². The standard InChI is InChI=1S/C12H13ClN2O/c1-2-12(16)7-15(8-12)11-5-10(13)4-3-9(11)6-14/h3-5,16H,2,7-8H2,1H3. The number of nitrogens with zero attached hydrogens (tertiary/aromatic N) is 2. The number of rotatable bonds is 2. The number of aliphatic hydroxyl groups is 1. The van der Waals surface area contributed by atoms with Crippen molar-refractivity contribution in [2.45, 2.75) is 18.9 Å². The zero-order chi connectivity index (χ0) is 11.8. The fourth-order valence-electron chi connectivity index (χ4n) is 1.92. The van der Waals surface area contributed by atoms with E-state index in [0.29, 0.717) is 23.7 Å². The zero-order valence-corrected chi connectivity index (χ0v) is 9.83. The molecule has 1 aliphatic rings. The van der Waals surface area contributed by atoms with Gasteiger partial charge in [-0.15, -0.1) is 0 Å². The van der Waals surface area contributed by atoms with Crippen LogP contribution in [0.15, 0.2) is 18.2 Å². The van der Waals surface area contributed by atoms with Gasteiger partial charge in [0, 0.05) is 18.1 Å². The van der Waals surface area contributed by atoms with Crippen molar-refractivity contribution >= 4 is 17.3 Å².